The van der Waals surface area contributed by atoms with Gasteiger partial charge in [-0.25, -0.2) is 4.98 Å². The Morgan fingerprint density at radius 3 is 2.61 bits per heavy atom. The molecule has 1 aromatic heterocycles. The maximum absolute atomic E-state index is 12.8. The number of aromatic nitrogens is 2. The van der Waals surface area contributed by atoms with E-state index in [9.17, 15) is 4.79 Å². The number of fused-ring (bicyclic) bond motifs is 1. The van der Waals surface area contributed by atoms with Gasteiger partial charge in [0.05, 0.1) is 23.6 Å². The molecular weight excluding hydrogens is 386 g/mol. The second kappa shape index (κ2) is 9.04. The number of nitrogens with one attached hydrogen (secondary N) is 1. The summed E-state index contributed by atoms with van der Waals surface area (Å²) >= 11 is 0. The van der Waals surface area contributed by atoms with Crippen LogP contribution in [0.3, 0.4) is 0 Å². The van der Waals surface area contributed by atoms with Crippen LogP contribution in [0, 0.1) is 13.8 Å². The standard InChI is InChI=1S/C26H27N3O2/c1-18-9-8-11-21(17-18)26(30)27-20(3)25-28-22-12-5-6-13-23(22)29(25)15-16-31-24-14-7-4-10-19(24)2/h4-14,17,20H,15-16H2,1-3H3,(H,27,30). The number of para-hydroxylation sites is 3. The van der Waals surface area contributed by atoms with Gasteiger partial charge in [-0.15, -0.1) is 0 Å². The topological polar surface area (TPSA) is 56.2 Å². The lowest BCUT2D eigenvalue weighted by Gasteiger charge is -2.17. The first kappa shape index (κ1) is 20.7. The Labute approximate surface area is 182 Å². The zero-order chi connectivity index (χ0) is 21.8. The summed E-state index contributed by atoms with van der Waals surface area (Å²) in [5.41, 5.74) is 4.75. The third kappa shape index (κ3) is 4.61. The molecule has 0 spiro atoms. The van der Waals surface area contributed by atoms with Crippen LogP contribution in [-0.4, -0.2) is 22.1 Å². The van der Waals surface area contributed by atoms with E-state index in [2.05, 4.69) is 16.0 Å². The number of aryl methyl sites for hydroxylation is 2. The number of carbonyl (C=O) groups excluding carboxylic acids is 1. The predicted molar refractivity (Wildman–Crippen MR) is 123 cm³/mol. The minimum atomic E-state index is -0.251. The van der Waals surface area contributed by atoms with Gasteiger partial charge in [0.15, 0.2) is 0 Å². The van der Waals surface area contributed by atoms with Crippen molar-refractivity contribution in [1.29, 1.82) is 0 Å². The molecule has 0 saturated carbocycles. The molecule has 31 heavy (non-hydrogen) atoms. The quantitative estimate of drug-likeness (QED) is 0.452. The van der Waals surface area contributed by atoms with E-state index < -0.39 is 0 Å². The number of nitrogens with zero attached hydrogens (tertiary/aromatic N) is 2. The highest BCUT2D eigenvalue weighted by atomic mass is 16.5. The molecular formula is C26H27N3O2. The van der Waals surface area contributed by atoms with Crippen LogP contribution in [-0.2, 0) is 6.54 Å². The SMILES string of the molecule is Cc1cccc(C(=O)NC(C)c2nc3ccccc3n2CCOc2ccccc2C)c1. The number of benzene rings is 3. The van der Waals surface area contributed by atoms with Gasteiger partial charge in [0, 0.05) is 5.56 Å². The monoisotopic (exact) mass is 413 g/mol. The van der Waals surface area contributed by atoms with Gasteiger partial charge in [-0.2, -0.15) is 0 Å². The van der Waals surface area contributed by atoms with Gasteiger partial charge in [-0.05, 0) is 56.7 Å². The van der Waals surface area contributed by atoms with E-state index in [0.717, 1.165) is 33.7 Å². The fourth-order valence-electron chi connectivity index (χ4n) is 3.76. The van der Waals surface area contributed by atoms with Crippen molar-refractivity contribution in [2.75, 3.05) is 6.61 Å². The van der Waals surface area contributed by atoms with Crippen molar-refractivity contribution in [2.24, 2.45) is 0 Å². The number of carbonyl (C=O) groups is 1. The van der Waals surface area contributed by atoms with Crippen molar-refractivity contribution >= 4 is 16.9 Å². The van der Waals surface area contributed by atoms with Crippen LogP contribution < -0.4 is 10.1 Å². The summed E-state index contributed by atoms with van der Waals surface area (Å²) in [6.07, 6.45) is 0. The number of ether oxygens (including phenoxy) is 1. The number of hydrogen-bond acceptors (Lipinski definition) is 3. The maximum Gasteiger partial charge on any atom is 0.251 e. The molecule has 4 aromatic rings. The molecule has 0 bridgehead atoms. The second-order valence-electron chi connectivity index (χ2n) is 7.79. The van der Waals surface area contributed by atoms with Gasteiger partial charge in [0.1, 0.15) is 18.2 Å². The van der Waals surface area contributed by atoms with Crippen LogP contribution in [0.2, 0.25) is 0 Å². The summed E-state index contributed by atoms with van der Waals surface area (Å²) in [5, 5.41) is 3.10. The molecule has 0 radical (unpaired) electrons. The molecule has 1 heterocycles. The number of amides is 1. The second-order valence-corrected chi connectivity index (χ2v) is 7.79. The van der Waals surface area contributed by atoms with E-state index in [1.807, 2.05) is 87.5 Å². The van der Waals surface area contributed by atoms with Crippen molar-refractivity contribution in [3.63, 3.8) is 0 Å². The molecule has 3 aromatic carbocycles. The Hall–Kier alpha value is -3.60. The predicted octanol–water partition coefficient (Wildman–Crippen LogP) is 5.22. The van der Waals surface area contributed by atoms with Crippen LogP contribution >= 0.6 is 0 Å². The highest BCUT2D eigenvalue weighted by Gasteiger charge is 2.19. The summed E-state index contributed by atoms with van der Waals surface area (Å²) < 4.78 is 8.16. The fourth-order valence-corrected chi connectivity index (χ4v) is 3.76. The average molecular weight is 414 g/mol. The molecule has 0 aliphatic heterocycles. The van der Waals surface area contributed by atoms with Crippen molar-refractivity contribution in [1.82, 2.24) is 14.9 Å². The van der Waals surface area contributed by atoms with E-state index in [1.165, 1.54) is 0 Å². The summed E-state index contributed by atoms with van der Waals surface area (Å²) in [7, 11) is 0. The van der Waals surface area contributed by atoms with Crippen molar-refractivity contribution in [2.45, 2.75) is 33.4 Å². The van der Waals surface area contributed by atoms with Gasteiger partial charge in [-0.1, -0.05) is 48.0 Å². The molecule has 0 aliphatic carbocycles. The first-order chi connectivity index (χ1) is 15.0. The molecule has 1 unspecified atom stereocenters. The lowest BCUT2D eigenvalue weighted by atomic mass is 10.1. The van der Waals surface area contributed by atoms with Crippen molar-refractivity contribution < 1.29 is 9.53 Å². The van der Waals surface area contributed by atoms with Crippen molar-refractivity contribution in [3.8, 4) is 5.75 Å². The van der Waals surface area contributed by atoms with Gasteiger partial charge >= 0.3 is 0 Å². The van der Waals surface area contributed by atoms with E-state index >= 15 is 0 Å². The molecule has 1 N–H and O–H groups in total. The lowest BCUT2D eigenvalue weighted by Crippen LogP contribution is -2.29. The summed E-state index contributed by atoms with van der Waals surface area (Å²) in [4.78, 5) is 17.6. The Balaban J connectivity index is 1.55. The first-order valence-electron chi connectivity index (χ1n) is 10.5. The van der Waals surface area contributed by atoms with Crippen LogP contribution in [0.4, 0.5) is 0 Å². The number of imidazole rings is 1. The van der Waals surface area contributed by atoms with Gasteiger partial charge < -0.3 is 14.6 Å². The largest absolute Gasteiger partial charge is 0.491 e. The third-order valence-corrected chi connectivity index (χ3v) is 5.37. The van der Waals surface area contributed by atoms with Gasteiger partial charge in [0.2, 0.25) is 0 Å². The molecule has 0 saturated heterocycles. The molecule has 5 heteroatoms. The fraction of sp³-hybridized carbons (Fsp3) is 0.231. The van der Waals surface area contributed by atoms with Gasteiger partial charge in [-0.3, -0.25) is 4.79 Å². The Bertz CT molecular complexity index is 1210. The summed E-state index contributed by atoms with van der Waals surface area (Å²) in [6.45, 7) is 7.13. The van der Waals surface area contributed by atoms with Crippen molar-refractivity contribution in [3.05, 3.63) is 95.3 Å². The molecule has 1 atom stereocenters. The third-order valence-electron chi connectivity index (χ3n) is 5.37. The molecule has 0 fully saturated rings. The van der Waals surface area contributed by atoms with Gasteiger partial charge in [0.25, 0.3) is 5.91 Å². The average Bonchev–Trinajstić information content (AvgIpc) is 3.14. The Morgan fingerprint density at radius 1 is 1.03 bits per heavy atom. The lowest BCUT2D eigenvalue weighted by molar-refractivity contribution is 0.0937. The van der Waals surface area contributed by atoms with Crippen LogP contribution in [0.5, 0.6) is 5.75 Å². The highest BCUT2D eigenvalue weighted by Crippen LogP contribution is 2.22. The summed E-state index contributed by atoms with van der Waals surface area (Å²) in [6, 6.07) is 23.4. The molecule has 4 rings (SSSR count). The number of rotatable bonds is 7. The Kier molecular flexibility index (Phi) is 6.03. The first-order valence-corrected chi connectivity index (χ1v) is 10.5. The van der Waals surface area contributed by atoms with E-state index in [1.54, 1.807) is 0 Å². The minimum absolute atomic E-state index is 0.106. The zero-order valence-electron chi connectivity index (χ0n) is 18.1. The zero-order valence-corrected chi connectivity index (χ0v) is 18.1. The maximum atomic E-state index is 12.8. The van der Waals surface area contributed by atoms with E-state index in [4.69, 9.17) is 9.72 Å². The summed E-state index contributed by atoms with van der Waals surface area (Å²) in [5.74, 6) is 1.59. The van der Waals surface area contributed by atoms with E-state index in [0.29, 0.717) is 18.7 Å². The van der Waals surface area contributed by atoms with E-state index in [-0.39, 0.29) is 11.9 Å². The van der Waals surface area contributed by atoms with Crippen LogP contribution in [0.1, 0.15) is 40.3 Å². The Morgan fingerprint density at radius 2 is 1.81 bits per heavy atom. The normalized spacial score (nSPS) is 12.0. The molecule has 158 valence electrons. The number of hydrogen-bond donors (Lipinski definition) is 1. The molecule has 0 aliphatic rings. The molecule has 5 nitrogen and oxygen atoms in total. The van der Waals surface area contributed by atoms with Crippen LogP contribution in [0.25, 0.3) is 11.0 Å². The molecule has 1 amide bonds. The minimum Gasteiger partial charge on any atom is -0.491 e. The smallest absolute Gasteiger partial charge is 0.251 e. The highest BCUT2D eigenvalue weighted by molar-refractivity contribution is 5.94. The van der Waals surface area contributed by atoms with Crippen LogP contribution in [0.15, 0.2) is 72.8 Å².